The van der Waals surface area contributed by atoms with Gasteiger partial charge in [0.1, 0.15) is 7.11 Å². The van der Waals surface area contributed by atoms with E-state index in [1.54, 1.807) is 6.07 Å². The lowest BCUT2D eigenvalue weighted by molar-refractivity contribution is 0.213. The Balaban J connectivity index is 3.04. The quantitative estimate of drug-likeness (QED) is 0.306. The van der Waals surface area contributed by atoms with Crippen LogP contribution in [0.5, 0.6) is 0 Å². The van der Waals surface area contributed by atoms with Gasteiger partial charge in [0.2, 0.25) is 0 Å². The zero-order valence-corrected chi connectivity index (χ0v) is 7.74. The van der Waals surface area contributed by atoms with Gasteiger partial charge in [-0.15, -0.1) is 0 Å². The smallest absolute Gasteiger partial charge is 0.170 e. The highest BCUT2D eigenvalue weighted by Gasteiger charge is 2.00. The second-order valence-electron chi connectivity index (χ2n) is 2.73. The number of nitrogen functional groups attached to an aromatic ring is 1. The van der Waals surface area contributed by atoms with Crippen LogP contribution in [0.2, 0.25) is 0 Å². The third kappa shape index (κ3) is 2.11. The van der Waals surface area contributed by atoms with Crippen LogP contribution in [0.25, 0.3) is 0 Å². The third-order valence-corrected chi connectivity index (χ3v) is 1.76. The summed E-state index contributed by atoms with van der Waals surface area (Å²) in [6.07, 6.45) is 0. The summed E-state index contributed by atoms with van der Waals surface area (Å²) in [4.78, 5) is 4.55. The van der Waals surface area contributed by atoms with Gasteiger partial charge < -0.3 is 16.3 Å². The van der Waals surface area contributed by atoms with E-state index in [-0.39, 0.29) is 0 Å². The average molecular weight is 179 g/mol. The molecule has 4 nitrogen and oxygen atoms in total. The van der Waals surface area contributed by atoms with Crippen molar-refractivity contribution in [2.75, 3.05) is 12.8 Å². The van der Waals surface area contributed by atoms with E-state index in [0.29, 0.717) is 11.5 Å². The van der Waals surface area contributed by atoms with E-state index in [2.05, 4.69) is 9.99 Å². The molecule has 0 unspecified atom stereocenters. The highest BCUT2D eigenvalue weighted by Crippen LogP contribution is 2.12. The molecule has 1 aromatic rings. The summed E-state index contributed by atoms with van der Waals surface area (Å²) in [7, 11) is 1.45. The minimum Gasteiger partial charge on any atom is -0.398 e. The van der Waals surface area contributed by atoms with E-state index in [1.807, 2.05) is 19.1 Å². The van der Waals surface area contributed by atoms with Crippen molar-refractivity contribution in [2.45, 2.75) is 6.92 Å². The molecule has 0 atom stereocenters. The van der Waals surface area contributed by atoms with Crippen LogP contribution in [0.3, 0.4) is 0 Å². The largest absolute Gasteiger partial charge is 0.398 e. The topological polar surface area (TPSA) is 73.6 Å². The molecular weight excluding hydrogens is 166 g/mol. The first-order valence-electron chi connectivity index (χ1n) is 3.88. The van der Waals surface area contributed by atoms with Crippen LogP contribution < -0.4 is 11.5 Å². The summed E-state index contributed by atoms with van der Waals surface area (Å²) in [5.74, 6) is 0.328. The van der Waals surface area contributed by atoms with Crippen molar-refractivity contribution < 1.29 is 4.84 Å². The SMILES string of the molecule is CO/N=C(\N)c1ccc(C)c(N)c1. The molecular formula is C9H13N3O. The van der Waals surface area contributed by atoms with E-state index in [1.165, 1.54) is 7.11 Å². The lowest BCUT2D eigenvalue weighted by Crippen LogP contribution is -2.13. The molecule has 4 heteroatoms. The average Bonchev–Trinajstić information content (AvgIpc) is 2.10. The minimum atomic E-state index is 0.328. The Kier molecular flexibility index (Phi) is 2.74. The molecule has 0 saturated carbocycles. The number of hydrogen-bond acceptors (Lipinski definition) is 3. The third-order valence-electron chi connectivity index (χ3n) is 1.76. The molecule has 1 rings (SSSR count). The van der Waals surface area contributed by atoms with Gasteiger partial charge in [-0.1, -0.05) is 17.3 Å². The lowest BCUT2D eigenvalue weighted by atomic mass is 10.1. The fraction of sp³-hybridized carbons (Fsp3) is 0.222. The van der Waals surface area contributed by atoms with Crippen LogP contribution in [-0.2, 0) is 4.84 Å². The first kappa shape index (κ1) is 9.38. The Labute approximate surface area is 77.2 Å². The molecule has 0 spiro atoms. The number of nitrogens with two attached hydrogens (primary N) is 2. The second-order valence-corrected chi connectivity index (χ2v) is 2.73. The number of amidine groups is 1. The van der Waals surface area contributed by atoms with Gasteiger partial charge in [-0.05, 0) is 18.6 Å². The van der Waals surface area contributed by atoms with Crippen molar-refractivity contribution >= 4 is 11.5 Å². The predicted octanol–water partition coefficient (Wildman–Crippen LogP) is 0.844. The Hall–Kier alpha value is -1.71. The van der Waals surface area contributed by atoms with Crippen molar-refractivity contribution in [3.8, 4) is 0 Å². The first-order chi connectivity index (χ1) is 6.15. The number of rotatable bonds is 2. The summed E-state index contributed by atoms with van der Waals surface area (Å²) in [5, 5.41) is 3.60. The van der Waals surface area contributed by atoms with Crippen molar-refractivity contribution in [1.82, 2.24) is 0 Å². The van der Waals surface area contributed by atoms with Crippen molar-refractivity contribution in [3.63, 3.8) is 0 Å². The maximum absolute atomic E-state index is 5.70. The van der Waals surface area contributed by atoms with Crippen LogP contribution in [-0.4, -0.2) is 12.9 Å². The van der Waals surface area contributed by atoms with Gasteiger partial charge in [0.05, 0.1) is 0 Å². The van der Waals surface area contributed by atoms with E-state index in [0.717, 1.165) is 11.1 Å². The molecule has 0 heterocycles. The van der Waals surface area contributed by atoms with Crippen LogP contribution in [0.15, 0.2) is 23.4 Å². The molecule has 4 N–H and O–H groups in total. The maximum Gasteiger partial charge on any atom is 0.170 e. The van der Waals surface area contributed by atoms with Gasteiger partial charge in [-0.2, -0.15) is 0 Å². The monoisotopic (exact) mass is 179 g/mol. The van der Waals surface area contributed by atoms with E-state index in [4.69, 9.17) is 11.5 Å². The van der Waals surface area contributed by atoms with Gasteiger partial charge in [-0.3, -0.25) is 0 Å². The van der Waals surface area contributed by atoms with Crippen molar-refractivity contribution in [1.29, 1.82) is 0 Å². The minimum absolute atomic E-state index is 0.328. The van der Waals surface area contributed by atoms with Gasteiger partial charge >= 0.3 is 0 Å². The van der Waals surface area contributed by atoms with Crippen LogP contribution >= 0.6 is 0 Å². The molecule has 13 heavy (non-hydrogen) atoms. The van der Waals surface area contributed by atoms with Crippen LogP contribution in [0.1, 0.15) is 11.1 Å². The number of hydrogen-bond donors (Lipinski definition) is 2. The fourth-order valence-corrected chi connectivity index (χ4v) is 0.951. The highest BCUT2D eigenvalue weighted by molar-refractivity contribution is 5.97. The molecule has 0 amide bonds. The molecule has 0 saturated heterocycles. The van der Waals surface area contributed by atoms with Gasteiger partial charge in [-0.25, -0.2) is 0 Å². The highest BCUT2D eigenvalue weighted by atomic mass is 16.6. The van der Waals surface area contributed by atoms with Crippen LogP contribution in [0.4, 0.5) is 5.69 Å². The molecule has 0 aromatic heterocycles. The standard InChI is InChI=1S/C9H13N3O/c1-6-3-4-7(5-8(6)10)9(11)12-13-2/h3-5H,10H2,1-2H3,(H2,11,12). The molecule has 70 valence electrons. The van der Waals surface area contributed by atoms with E-state index in [9.17, 15) is 0 Å². The predicted molar refractivity (Wildman–Crippen MR) is 53.3 cm³/mol. The second kappa shape index (κ2) is 3.80. The zero-order valence-electron chi connectivity index (χ0n) is 7.74. The maximum atomic E-state index is 5.70. The fourth-order valence-electron chi connectivity index (χ4n) is 0.951. The number of nitrogens with zero attached hydrogens (tertiary/aromatic N) is 1. The molecule has 0 fully saturated rings. The van der Waals surface area contributed by atoms with Crippen LogP contribution in [0, 0.1) is 6.92 Å². The number of aryl methyl sites for hydroxylation is 1. The lowest BCUT2D eigenvalue weighted by Gasteiger charge is -2.03. The zero-order chi connectivity index (χ0) is 9.84. The van der Waals surface area contributed by atoms with Gasteiger partial charge in [0, 0.05) is 11.3 Å². The number of anilines is 1. The normalized spacial score (nSPS) is 11.4. The summed E-state index contributed by atoms with van der Waals surface area (Å²) >= 11 is 0. The van der Waals surface area contributed by atoms with Crippen molar-refractivity contribution in [3.05, 3.63) is 29.3 Å². The summed E-state index contributed by atoms with van der Waals surface area (Å²) in [5.41, 5.74) is 13.8. The van der Waals surface area contributed by atoms with Gasteiger partial charge in [0.25, 0.3) is 0 Å². The van der Waals surface area contributed by atoms with Crippen molar-refractivity contribution in [2.24, 2.45) is 10.9 Å². The molecule has 0 aliphatic heterocycles. The first-order valence-corrected chi connectivity index (χ1v) is 3.88. The molecule has 1 aromatic carbocycles. The molecule has 0 bridgehead atoms. The summed E-state index contributed by atoms with van der Waals surface area (Å²) in [6.45, 7) is 1.93. The Bertz CT molecular complexity index is 334. The number of oxime groups is 1. The molecule has 0 aliphatic carbocycles. The van der Waals surface area contributed by atoms with Gasteiger partial charge in [0.15, 0.2) is 5.84 Å². The Morgan fingerprint density at radius 1 is 1.46 bits per heavy atom. The number of benzene rings is 1. The Morgan fingerprint density at radius 3 is 2.69 bits per heavy atom. The Morgan fingerprint density at radius 2 is 2.15 bits per heavy atom. The summed E-state index contributed by atoms with van der Waals surface area (Å²) < 4.78 is 0. The molecule has 0 aliphatic rings. The summed E-state index contributed by atoms with van der Waals surface area (Å²) in [6, 6.07) is 5.51. The van der Waals surface area contributed by atoms with E-state index >= 15 is 0 Å². The van der Waals surface area contributed by atoms with E-state index < -0.39 is 0 Å². The molecule has 0 radical (unpaired) electrons.